The van der Waals surface area contributed by atoms with Crippen molar-refractivity contribution in [3.05, 3.63) is 0 Å². The molecular formula is C11H25N3. The predicted molar refractivity (Wildman–Crippen MR) is 61.4 cm³/mol. The van der Waals surface area contributed by atoms with Crippen molar-refractivity contribution in [3.63, 3.8) is 0 Å². The van der Waals surface area contributed by atoms with Gasteiger partial charge in [0, 0.05) is 12.7 Å². The highest BCUT2D eigenvalue weighted by atomic mass is 15.2. The Morgan fingerprint density at radius 3 is 2.43 bits per heavy atom. The molecule has 0 aromatic heterocycles. The lowest BCUT2D eigenvalue weighted by molar-refractivity contribution is 0.173. The molecule has 0 saturated carbocycles. The third-order valence-corrected chi connectivity index (χ3v) is 2.90. The molecule has 0 aliphatic carbocycles. The minimum Gasteiger partial charge on any atom is -0.314 e. The van der Waals surface area contributed by atoms with E-state index in [-0.39, 0.29) is 0 Å². The van der Waals surface area contributed by atoms with Gasteiger partial charge in [0.15, 0.2) is 0 Å². The van der Waals surface area contributed by atoms with Crippen LogP contribution in [0.4, 0.5) is 0 Å². The number of hydrogen-bond donors (Lipinski definition) is 2. The van der Waals surface area contributed by atoms with E-state index in [0.29, 0.717) is 6.04 Å². The smallest absolute Gasteiger partial charge is 0.0477 e. The first-order valence-corrected chi connectivity index (χ1v) is 5.82. The van der Waals surface area contributed by atoms with Crippen molar-refractivity contribution < 1.29 is 0 Å². The van der Waals surface area contributed by atoms with Gasteiger partial charge in [-0.15, -0.1) is 0 Å². The summed E-state index contributed by atoms with van der Waals surface area (Å²) in [5.41, 5.74) is 0. The van der Waals surface area contributed by atoms with Crippen molar-refractivity contribution in [1.82, 2.24) is 15.5 Å². The first-order valence-electron chi connectivity index (χ1n) is 5.82. The monoisotopic (exact) mass is 199 g/mol. The fourth-order valence-corrected chi connectivity index (χ4v) is 1.97. The maximum Gasteiger partial charge on any atom is 0.0477 e. The van der Waals surface area contributed by atoms with Crippen LogP contribution in [0.25, 0.3) is 0 Å². The quantitative estimate of drug-likeness (QED) is 0.688. The number of rotatable bonds is 5. The second-order valence-electron chi connectivity index (χ2n) is 4.64. The van der Waals surface area contributed by atoms with E-state index in [9.17, 15) is 0 Å². The molecule has 0 radical (unpaired) electrons. The molecule has 1 heterocycles. The summed E-state index contributed by atoms with van der Waals surface area (Å²) in [5.74, 6) is 0.894. The Labute approximate surface area is 88.2 Å². The van der Waals surface area contributed by atoms with Gasteiger partial charge in [-0.2, -0.15) is 0 Å². The molecule has 0 aromatic carbocycles. The molecule has 0 amide bonds. The molecule has 0 bridgehead atoms. The molecule has 14 heavy (non-hydrogen) atoms. The first-order chi connectivity index (χ1) is 6.72. The van der Waals surface area contributed by atoms with Gasteiger partial charge in [-0.1, -0.05) is 13.8 Å². The van der Waals surface area contributed by atoms with Crippen LogP contribution < -0.4 is 10.6 Å². The van der Waals surface area contributed by atoms with Crippen molar-refractivity contribution in [3.8, 4) is 0 Å². The summed E-state index contributed by atoms with van der Waals surface area (Å²) >= 11 is 0. The van der Waals surface area contributed by atoms with Gasteiger partial charge in [0.25, 0.3) is 0 Å². The average molecular weight is 199 g/mol. The molecule has 0 atom stereocenters. The summed E-state index contributed by atoms with van der Waals surface area (Å²) < 4.78 is 0. The topological polar surface area (TPSA) is 27.3 Å². The third-order valence-electron chi connectivity index (χ3n) is 2.90. The predicted octanol–water partition coefficient (Wildman–Crippen LogP) is 0.873. The molecule has 2 N–H and O–H groups in total. The van der Waals surface area contributed by atoms with E-state index in [4.69, 9.17) is 0 Å². The lowest BCUT2D eigenvalue weighted by atomic mass is 9.97. The highest BCUT2D eigenvalue weighted by Gasteiger charge is 2.18. The van der Waals surface area contributed by atoms with Crippen molar-refractivity contribution >= 4 is 0 Å². The van der Waals surface area contributed by atoms with Gasteiger partial charge < -0.3 is 10.6 Å². The fraction of sp³-hybridized carbons (Fsp3) is 1.00. The number of nitrogens with zero attached hydrogens (tertiary/aromatic N) is 1. The molecule has 1 fully saturated rings. The normalized spacial score (nSPS) is 20.6. The van der Waals surface area contributed by atoms with E-state index in [1.807, 2.05) is 7.05 Å². The Morgan fingerprint density at radius 1 is 1.29 bits per heavy atom. The fourth-order valence-electron chi connectivity index (χ4n) is 1.97. The lowest BCUT2D eigenvalue weighted by Gasteiger charge is -2.32. The molecule has 0 spiro atoms. The van der Waals surface area contributed by atoms with Crippen LogP contribution in [0.3, 0.4) is 0 Å². The van der Waals surface area contributed by atoms with Gasteiger partial charge in [0.05, 0.1) is 0 Å². The van der Waals surface area contributed by atoms with E-state index < -0.39 is 0 Å². The molecule has 3 heteroatoms. The second-order valence-corrected chi connectivity index (χ2v) is 4.64. The van der Waals surface area contributed by atoms with Gasteiger partial charge in [0.2, 0.25) is 0 Å². The Morgan fingerprint density at radius 2 is 1.93 bits per heavy atom. The lowest BCUT2D eigenvalue weighted by Crippen LogP contribution is -2.41. The van der Waals surface area contributed by atoms with Crippen molar-refractivity contribution in [2.45, 2.75) is 32.7 Å². The van der Waals surface area contributed by atoms with Gasteiger partial charge in [-0.3, -0.25) is 4.90 Å². The molecular weight excluding hydrogens is 174 g/mol. The molecule has 0 unspecified atom stereocenters. The summed E-state index contributed by atoms with van der Waals surface area (Å²) in [5, 5.41) is 6.74. The van der Waals surface area contributed by atoms with Crippen LogP contribution in [0.1, 0.15) is 26.7 Å². The van der Waals surface area contributed by atoms with Gasteiger partial charge in [-0.25, -0.2) is 0 Å². The second kappa shape index (κ2) is 6.38. The summed E-state index contributed by atoms with van der Waals surface area (Å²) in [6.45, 7) is 9.19. The maximum absolute atomic E-state index is 3.53. The van der Waals surface area contributed by atoms with E-state index >= 15 is 0 Å². The molecule has 1 aliphatic heterocycles. The summed E-state index contributed by atoms with van der Waals surface area (Å²) in [6.07, 6.45) is 2.70. The molecule has 1 saturated heterocycles. The van der Waals surface area contributed by atoms with Gasteiger partial charge >= 0.3 is 0 Å². The van der Waals surface area contributed by atoms with Gasteiger partial charge in [-0.05, 0) is 45.4 Å². The zero-order chi connectivity index (χ0) is 10.4. The molecule has 84 valence electrons. The zero-order valence-corrected chi connectivity index (χ0v) is 9.84. The van der Waals surface area contributed by atoms with Crippen LogP contribution in [0, 0.1) is 5.92 Å². The Kier molecular flexibility index (Phi) is 5.45. The minimum absolute atomic E-state index is 0.630. The Bertz CT molecular complexity index is 139. The minimum atomic E-state index is 0.630. The van der Waals surface area contributed by atoms with Crippen molar-refractivity contribution in [2.24, 2.45) is 5.92 Å². The highest BCUT2D eigenvalue weighted by molar-refractivity contribution is 4.73. The number of hydrogen-bond acceptors (Lipinski definition) is 3. The number of likely N-dealkylation sites (tertiary alicyclic amines) is 1. The van der Waals surface area contributed by atoms with Gasteiger partial charge in [0.1, 0.15) is 0 Å². The summed E-state index contributed by atoms with van der Waals surface area (Å²) in [6, 6.07) is 0.630. The zero-order valence-electron chi connectivity index (χ0n) is 9.84. The van der Waals surface area contributed by atoms with E-state index in [1.165, 1.54) is 32.5 Å². The maximum atomic E-state index is 3.53. The molecule has 3 nitrogen and oxygen atoms in total. The van der Waals surface area contributed by atoms with Crippen LogP contribution >= 0.6 is 0 Å². The van der Waals surface area contributed by atoms with E-state index in [2.05, 4.69) is 29.4 Å². The summed E-state index contributed by atoms with van der Waals surface area (Å²) in [4.78, 5) is 2.49. The SMILES string of the molecule is CNCN1CCC(CNC(C)C)CC1. The van der Waals surface area contributed by atoms with E-state index in [0.717, 1.165) is 12.6 Å². The highest BCUT2D eigenvalue weighted by Crippen LogP contribution is 2.15. The van der Waals surface area contributed by atoms with Crippen molar-refractivity contribution in [1.29, 1.82) is 0 Å². The van der Waals surface area contributed by atoms with Crippen LogP contribution in [0.5, 0.6) is 0 Å². The molecule has 1 aliphatic rings. The van der Waals surface area contributed by atoms with Crippen LogP contribution in [-0.2, 0) is 0 Å². The summed E-state index contributed by atoms with van der Waals surface area (Å²) in [7, 11) is 2.02. The number of nitrogens with one attached hydrogen (secondary N) is 2. The third kappa shape index (κ3) is 4.40. The Balaban J connectivity index is 2.09. The van der Waals surface area contributed by atoms with Crippen LogP contribution in [0.2, 0.25) is 0 Å². The van der Waals surface area contributed by atoms with E-state index in [1.54, 1.807) is 0 Å². The Hall–Kier alpha value is -0.120. The van der Waals surface area contributed by atoms with Crippen molar-refractivity contribution in [2.75, 3.05) is 33.4 Å². The van der Waals surface area contributed by atoms with Crippen LogP contribution in [-0.4, -0.2) is 44.3 Å². The standard InChI is InChI=1S/C11H25N3/c1-10(2)13-8-11-4-6-14(7-5-11)9-12-3/h10-13H,4-9H2,1-3H3. The largest absolute Gasteiger partial charge is 0.314 e. The van der Waals surface area contributed by atoms with Crippen LogP contribution in [0.15, 0.2) is 0 Å². The average Bonchev–Trinajstić information content (AvgIpc) is 2.17. The molecule has 1 rings (SSSR count). The first kappa shape index (κ1) is 12.0. The molecule has 0 aromatic rings. The number of piperidine rings is 1.